The molecule has 0 atom stereocenters. The third kappa shape index (κ3) is 4.03. The Morgan fingerprint density at radius 3 is 2.04 bits per heavy atom. The lowest BCUT2D eigenvalue weighted by molar-refractivity contribution is 0.668. The molecule has 5 heteroatoms. The van der Waals surface area contributed by atoms with Crippen LogP contribution in [0.2, 0.25) is 0 Å². The first-order valence-electron chi connectivity index (χ1n) is 15.6. The van der Waals surface area contributed by atoms with Gasteiger partial charge in [-0.1, -0.05) is 121 Å². The number of benzene rings is 7. The van der Waals surface area contributed by atoms with Crippen molar-refractivity contribution in [3.63, 3.8) is 0 Å². The highest BCUT2D eigenvalue weighted by Crippen LogP contribution is 2.38. The number of aromatic nitrogens is 4. The van der Waals surface area contributed by atoms with E-state index in [0.29, 0.717) is 23.2 Å². The van der Waals surface area contributed by atoms with Gasteiger partial charge in [-0.15, -0.1) is 0 Å². The number of pyridine rings is 1. The zero-order chi connectivity index (χ0) is 30.9. The second kappa shape index (κ2) is 10.0. The zero-order valence-corrected chi connectivity index (χ0v) is 25.1. The minimum absolute atomic E-state index is 0.499. The van der Waals surface area contributed by atoms with Gasteiger partial charge in [0.2, 0.25) is 0 Å². The maximum absolute atomic E-state index is 6.22. The fourth-order valence-corrected chi connectivity index (χ4v) is 6.96. The third-order valence-electron chi connectivity index (χ3n) is 9.15. The van der Waals surface area contributed by atoms with Crippen LogP contribution in [0, 0.1) is 0 Å². The van der Waals surface area contributed by atoms with E-state index in [-0.39, 0.29) is 0 Å². The number of hydrogen-bond donors (Lipinski definition) is 0. The van der Waals surface area contributed by atoms with Crippen molar-refractivity contribution in [2.24, 2.45) is 0 Å². The van der Waals surface area contributed by atoms with E-state index < -0.39 is 0 Å². The number of furan rings is 1. The fourth-order valence-electron chi connectivity index (χ4n) is 6.96. The average molecular weight is 601 g/mol. The molecule has 0 unspecified atom stereocenters. The quantitative estimate of drug-likeness (QED) is 0.189. The van der Waals surface area contributed by atoms with Gasteiger partial charge in [0, 0.05) is 22.7 Å². The van der Waals surface area contributed by atoms with Gasteiger partial charge < -0.3 is 4.42 Å². The van der Waals surface area contributed by atoms with Gasteiger partial charge in [0.1, 0.15) is 16.9 Å². The maximum Gasteiger partial charge on any atom is 0.183 e. The van der Waals surface area contributed by atoms with Gasteiger partial charge in [0.15, 0.2) is 17.5 Å². The Kier molecular flexibility index (Phi) is 5.51. The number of para-hydroxylation sites is 1. The van der Waals surface area contributed by atoms with Gasteiger partial charge in [0.05, 0.1) is 5.39 Å². The largest absolute Gasteiger partial charge is 0.456 e. The first kappa shape index (κ1) is 25.8. The number of fused-ring (bicyclic) bond motifs is 9. The molecule has 3 aromatic heterocycles. The predicted octanol–water partition coefficient (Wildman–Crippen LogP) is 10.8. The Balaban J connectivity index is 1.28. The highest BCUT2D eigenvalue weighted by molar-refractivity contribution is 6.22. The second-order valence-electron chi connectivity index (χ2n) is 11.9. The molecule has 47 heavy (non-hydrogen) atoms. The molecule has 0 aliphatic heterocycles. The minimum atomic E-state index is 0.499. The molecule has 10 aromatic rings. The molecule has 5 nitrogen and oxygen atoms in total. The van der Waals surface area contributed by atoms with Crippen LogP contribution in [0.15, 0.2) is 150 Å². The molecule has 0 aliphatic carbocycles. The van der Waals surface area contributed by atoms with Crippen molar-refractivity contribution < 1.29 is 4.42 Å². The molecule has 218 valence electrons. The summed E-state index contributed by atoms with van der Waals surface area (Å²) in [7, 11) is 0. The van der Waals surface area contributed by atoms with Gasteiger partial charge in [-0.25, -0.2) is 15.0 Å². The van der Waals surface area contributed by atoms with Crippen LogP contribution < -0.4 is 0 Å². The third-order valence-corrected chi connectivity index (χ3v) is 9.15. The Morgan fingerprint density at radius 1 is 0.404 bits per heavy atom. The second-order valence-corrected chi connectivity index (χ2v) is 11.9. The summed E-state index contributed by atoms with van der Waals surface area (Å²) >= 11 is 0. The van der Waals surface area contributed by atoms with Gasteiger partial charge in [-0.3, -0.25) is 4.98 Å². The molecule has 7 aromatic carbocycles. The minimum Gasteiger partial charge on any atom is -0.456 e. The summed E-state index contributed by atoms with van der Waals surface area (Å²) in [6.45, 7) is 0. The Bertz CT molecular complexity index is 2870. The highest BCUT2D eigenvalue weighted by atomic mass is 16.3. The molecule has 0 amide bonds. The molecule has 0 N–H and O–H groups in total. The first-order valence-corrected chi connectivity index (χ1v) is 15.6. The van der Waals surface area contributed by atoms with Crippen molar-refractivity contribution >= 4 is 65.0 Å². The Hall–Kier alpha value is -6.46. The van der Waals surface area contributed by atoms with Gasteiger partial charge in [-0.2, -0.15) is 0 Å². The summed E-state index contributed by atoms with van der Waals surface area (Å²) in [6.07, 6.45) is 1.76. The van der Waals surface area contributed by atoms with E-state index in [2.05, 4.69) is 115 Å². The van der Waals surface area contributed by atoms with E-state index in [1.165, 1.54) is 21.5 Å². The van der Waals surface area contributed by atoms with E-state index in [4.69, 9.17) is 24.4 Å². The molecule has 0 fully saturated rings. The summed E-state index contributed by atoms with van der Waals surface area (Å²) < 4.78 is 6.22. The van der Waals surface area contributed by atoms with Crippen LogP contribution in [0.25, 0.3) is 99.3 Å². The molecule has 3 heterocycles. The summed E-state index contributed by atoms with van der Waals surface area (Å²) in [6, 6.07) is 48.3. The Morgan fingerprint density at radius 2 is 1.11 bits per heavy atom. The fraction of sp³-hybridized carbons (Fsp3) is 0. The van der Waals surface area contributed by atoms with Crippen LogP contribution in [0.5, 0.6) is 0 Å². The van der Waals surface area contributed by atoms with Crippen LogP contribution in [-0.2, 0) is 0 Å². The number of nitrogens with zero attached hydrogens (tertiary/aromatic N) is 4. The van der Waals surface area contributed by atoms with Crippen molar-refractivity contribution in [2.45, 2.75) is 0 Å². The van der Waals surface area contributed by atoms with Crippen molar-refractivity contribution in [1.82, 2.24) is 19.9 Å². The SMILES string of the molecule is c1ccc2cc(-c3nc(-c4cccc5c4ccc4ccc6ccccc6c45)nc(-c4nccc5oc6ccccc6c45)n3)ccc2c1. The molecule has 0 bridgehead atoms. The van der Waals surface area contributed by atoms with Crippen LogP contribution in [0.4, 0.5) is 0 Å². The van der Waals surface area contributed by atoms with Crippen LogP contribution in [0.3, 0.4) is 0 Å². The molecule has 10 rings (SSSR count). The van der Waals surface area contributed by atoms with Crippen LogP contribution >= 0.6 is 0 Å². The molecule has 0 aliphatic rings. The van der Waals surface area contributed by atoms with Gasteiger partial charge in [-0.05, 0) is 61.3 Å². The lowest BCUT2D eigenvalue weighted by Gasteiger charge is -2.13. The smallest absolute Gasteiger partial charge is 0.183 e. The molecule has 0 saturated carbocycles. The normalized spacial score (nSPS) is 11.8. The van der Waals surface area contributed by atoms with Crippen LogP contribution in [0.1, 0.15) is 0 Å². The molecular weight excluding hydrogens is 576 g/mol. The summed E-state index contributed by atoms with van der Waals surface area (Å²) in [5, 5.41) is 11.3. The lowest BCUT2D eigenvalue weighted by atomic mass is 9.94. The van der Waals surface area contributed by atoms with E-state index in [9.17, 15) is 0 Å². The lowest BCUT2D eigenvalue weighted by Crippen LogP contribution is -2.02. The summed E-state index contributed by atoms with van der Waals surface area (Å²) in [5.41, 5.74) is 4.06. The van der Waals surface area contributed by atoms with Gasteiger partial charge in [0.25, 0.3) is 0 Å². The molecule has 0 spiro atoms. The molecular formula is C42H24N4O. The topological polar surface area (TPSA) is 64.7 Å². The standard InChI is InChI=1S/C42H24N4O/c1-2-10-28-24-29(19-16-25(28)8-1)40-44-41(46-42(45-40)39-38-34-12-5-6-15-35(34)47-36(38)22-23-43-39)33-14-7-13-32-31(33)21-20-27-18-17-26-9-3-4-11-30(26)37(27)32/h1-24H. The summed E-state index contributed by atoms with van der Waals surface area (Å²) in [5.74, 6) is 1.68. The van der Waals surface area contributed by atoms with E-state index in [1.807, 2.05) is 24.3 Å². The maximum atomic E-state index is 6.22. The average Bonchev–Trinajstić information content (AvgIpc) is 3.53. The van der Waals surface area contributed by atoms with E-state index in [1.54, 1.807) is 6.20 Å². The van der Waals surface area contributed by atoms with E-state index >= 15 is 0 Å². The first-order chi connectivity index (χ1) is 23.3. The number of hydrogen-bond acceptors (Lipinski definition) is 5. The predicted molar refractivity (Wildman–Crippen MR) is 191 cm³/mol. The van der Waals surface area contributed by atoms with Crippen molar-refractivity contribution in [1.29, 1.82) is 0 Å². The highest BCUT2D eigenvalue weighted by Gasteiger charge is 2.20. The van der Waals surface area contributed by atoms with Crippen molar-refractivity contribution in [3.8, 4) is 34.3 Å². The zero-order valence-electron chi connectivity index (χ0n) is 25.1. The monoisotopic (exact) mass is 600 g/mol. The van der Waals surface area contributed by atoms with E-state index in [0.717, 1.165) is 54.6 Å². The molecule has 0 saturated heterocycles. The van der Waals surface area contributed by atoms with Crippen LogP contribution in [-0.4, -0.2) is 19.9 Å². The van der Waals surface area contributed by atoms with Crippen molar-refractivity contribution in [2.75, 3.05) is 0 Å². The Labute approximate surface area is 268 Å². The van der Waals surface area contributed by atoms with Gasteiger partial charge >= 0.3 is 0 Å². The molecule has 0 radical (unpaired) electrons. The number of rotatable bonds is 3. The van der Waals surface area contributed by atoms with Crippen molar-refractivity contribution in [3.05, 3.63) is 146 Å². The summed E-state index contributed by atoms with van der Waals surface area (Å²) in [4.78, 5) is 20.3.